The molecule has 4 nitrogen and oxygen atoms in total. The molecule has 126 valence electrons. The molecule has 0 bridgehead atoms. The van der Waals surface area contributed by atoms with Gasteiger partial charge in [0.15, 0.2) is 10.9 Å². The first-order valence-electron chi connectivity index (χ1n) is 8.14. The number of Topliss-reactive ketones (excluding diaryl/α,β-unsaturated/α-hetero) is 1. The lowest BCUT2D eigenvalue weighted by atomic mass is 10.2. The molecule has 4 rings (SSSR count). The van der Waals surface area contributed by atoms with Crippen LogP contribution in [0.1, 0.15) is 34.9 Å². The van der Waals surface area contributed by atoms with Crippen molar-refractivity contribution in [1.82, 2.24) is 14.8 Å². The second kappa shape index (κ2) is 7.14. The Morgan fingerprint density at radius 2 is 1.80 bits per heavy atom. The van der Waals surface area contributed by atoms with Crippen molar-refractivity contribution >= 4 is 33.5 Å². The Morgan fingerprint density at radius 3 is 2.48 bits per heavy atom. The number of benzene rings is 2. The number of carbonyl (C=O) groups excluding carboxylic acids is 1. The number of nitrogens with zero attached hydrogens (tertiary/aromatic N) is 3. The minimum Gasteiger partial charge on any atom is -0.293 e. The molecule has 0 unspecified atom stereocenters. The molecule has 1 saturated carbocycles. The second-order valence-electron chi connectivity index (χ2n) is 6.00. The van der Waals surface area contributed by atoms with Crippen LogP contribution in [0.5, 0.6) is 0 Å². The van der Waals surface area contributed by atoms with Gasteiger partial charge >= 0.3 is 0 Å². The third kappa shape index (κ3) is 3.70. The fourth-order valence-corrected chi connectivity index (χ4v) is 3.77. The molecule has 0 amide bonds. The predicted molar refractivity (Wildman–Crippen MR) is 103 cm³/mol. The number of halogens is 1. The summed E-state index contributed by atoms with van der Waals surface area (Å²) in [6.07, 6.45) is 2.32. The Morgan fingerprint density at radius 1 is 1.08 bits per heavy atom. The molecule has 2 aromatic carbocycles. The SMILES string of the molecule is O=C(CSc1nnc(C2CC2)n1-c1ccccc1)c1ccc(Br)cc1. The van der Waals surface area contributed by atoms with Crippen LogP contribution in [0.3, 0.4) is 0 Å². The van der Waals surface area contributed by atoms with Gasteiger partial charge in [-0.05, 0) is 37.1 Å². The summed E-state index contributed by atoms with van der Waals surface area (Å²) < 4.78 is 3.06. The number of para-hydroxylation sites is 1. The van der Waals surface area contributed by atoms with E-state index in [2.05, 4.69) is 42.8 Å². The van der Waals surface area contributed by atoms with Crippen LogP contribution in [-0.2, 0) is 0 Å². The summed E-state index contributed by atoms with van der Waals surface area (Å²) in [6.45, 7) is 0. The van der Waals surface area contributed by atoms with Gasteiger partial charge in [-0.3, -0.25) is 9.36 Å². The van der Waals surface area contributed by atoms with Crippen molar-refractivity contribution < 1.29 is 4.79 Å². The summed E-state index contributed by atoms with van der Waals surface area (Å²) in [5, 5.41) is 9.52. The fraction of sp³-hybridized carbons (Fsp3) is 0.211. The Bertz CT molecular complexity index is 889. The number of carbonyl (C=O) groups is 1. The number of rotatable bonds is 6. The van der Waals surface area contributed by atoms with E-state index in [9.17, 15) is 4.79 Å². The topological polar surface area (TPSA) is 47.8 Å². The van der Waals surface area contributed by atoms with Crippen molar-refractivity contribution in [3.63, 3.8) is 0 Å². The standard InChI is InChI=1S/C19H16BrN3OS/c20-15-10-8-13(9-11-15)17(24)12-25-19-22-21-18(14-6-7-14)23(19)16-4-2-1-3-5-16/h1-5,8-11,14H,6-7,12H2. The normalized spacial score (nSPS) is 13.8. The molecule has 1 heterocycles. The van der Waals surface area contributed by atoms with Crippen molar-refractivity contribution in [2.24, 2.45) is 0 Å². The van der Waals surface area contributed by atoms with Gasteiger partial charge in [0.25, 0.3) is 0 Å². The monoisotopic (exact) mass is 413 g/mol. The van der Waals surface area contributed by atoms with Gasteiger partial charge < -0.3 is 0 Å². The summed E-state index contributed by atoms with van der Waals surface area (Å²) in [5.41, 5.74) is 1.76. The van der Waals surface area contributed by atoms with E-state index in [0.717, 1.165) is 34.0 Å². The first kappa shape index (κ1) is 16.5. The van der Waals surface area contributed by atoms with Crippen molar-refractivity contribution in [1.29, 1.82) is 0 Å². The summed E-state index contributed by atoms with van der Waals surface area (Å²) in [6, 6.07) is 17.6. The van der Waals surface area contributed by atoms with Gasteiger partial charge in [0.05, 0.1) is 5.75 Å². The lowest BCUT2D eigenvalue weighted by Crippen LogP contribution is -2.05. The van der Waals surface area contributed by atoms with Gasteiger partial charge in [-0.2, -0.15) is 0 Å². The van der Waals surface area contributed by atoms with E-state index in [4.69, 9.17) is 0 Å². The van der Waals surface area contributed by atoms with E-state index in [1.807, 2.05) is 42.5 Å². The van der Waals surface area contributed by atoms with Gasteiger partial charge in [0.2, 0.25) is 0 Å². The molecule has 0 aliphatic heterocycles. The molecular weight excluding hydrogens is 398 g/mol. The van der Waals surface area contributed by atoms with Crippen LogP contribution in [0.15, 0.2) is 64.2 Å². The molecular formula is C19H16BrN3OS. The summed E-state index contributed by atoms with van der Waals surface area (Å²) in [7, 11) is 0. The first-order chi connectivity index (χ1) is 12.2. The molecule has 3 aromatic rings. The third-order valence-electron chi connectivity index (χ3n) is 4.11. The van der Waals surface area contributed by atoms with Crippen molar-refractivity contribution in [3.05, 3.63) is 70.5 Å². The second-order valence-corrected chi connectivity index (χ2v) is 7.86. The lowest BCUT2D eigenvalue weighted by molar-refractivity contribution is 0.102. The van der Waals surface area contributed by atoms with Crippen LogP contribution in [0, 0.1) is 0 Å². The van der Waals surface area contributed by atoms with Crippen LogP contribution in [0.2, 0.25) is 0 Å². The zero-order chi connectivity index (χ0) is 17.2. The smallest absolute Gasteiger partial charge is 0.196 e. The van der Waals surface area contributed by atoms with Crippen molar-refractivity contribution in [3.8, 4) is 5.69 Å². The molecule has 25 heavy (non-hydrogen) atoms. The van der Waals surface area contributed by atoms with Crippen LogP contribution < -0.4 is 0 Å². The largest absolute Gasteiger partial charge is 0.293 e. The van der Waals surface area contributed by atoms with Crippen molar-refractivity contribution in [2.75, 3.05) is 5.75 Å². The molecule has 1 fully saturated rings. The Labute approximate surface area is 158 Å². The Balaban J connectivity index is 1.56. The number of hydrogen-bond donors (Lipinski definition) is 0. The van der Waals surface area contributed by atoms with Crippen LogP contribution in [-0.4, -0.2) is 26.3 Å². The number of aromatic nitrogens is 3. The van der Waals surface area contributed by atoms with Crippen LogP contribution in [0.25, 0.3) is 5.69 Å². The van der Waals surface area contributed by atoms with Gasteiger partial charge in [-0.1, -0.05) is 58.0 Å². The first-order valence-corrected chi connectivity index (χ1v) is 9.92. The Kier molecular flexibility index (Phi) is 4.72. The summed E-state index contributed by atoms with van der Waals surface area (Å²) >= 11 is 4.83. The molecule has 0 spiro atoms. The number of ketones is 1. The number of thioether (sulfide) groups is 1. The van der Waals surface area contributed by atoms with E-state index in [0.29, 0.717) is 17.2 Å². The summed E-state index contributed by atoms with van der Waals surface area (Å²) in [5.74, 6) is 1.93. The Hall–Kier alpha value is -1.92. The highest BCUT2D eigenvalue weighted by molar-refractivity contribution is 9.10. The maximum atomic E-state index is 12.4. The van der Waals surface area contributed by atoms with Gasteiger partial charge in [0, 0.05) is 21.6 Å². The molecule has 0 saturated heterocycles. The maximum absolute atomic E-state index is 12.4. The van der Waals surface area contributed by atoms with Crippen molar-refractivity contribution in [2.45, 2.75) is 23.9 Å². The highest BCUT2D eigenvalue weighted by Gasteiger charge is 2.31. The highest BCUT2D eigenvalue weighted by atomic mass is 79.9. The van der Waals surface area contributed by atoms with E-state index in [1.165, 1.54) is 11.8 Å². The molecule has 1 aliphatic rings. The number of hydrogen-bond acceptors (Lipinski definition) is 4. The van der Waals surface area contributed by atoms with Crippen LogP contribution in [0.4, 0.5) is 0 Å². The third-order valence-corrected chi connectivity index (χ3v) is 5.57. The molecule has 0 N–H and O–H groups in total. The molecule has 0 atom stereocenters. The summed E-state index contributed by atoms with van der Waals surface area (Å²) in [4.78, 5) is 12.4. The van der Waals surface area contributed by atoms with Gasteiger partial charge in [-0.25, -0.2) is 0 Å². The fourth-order valence-electron chi connectivity index (χ4n) is 2.65. The van der Waals surface area contributed by atoms with E-state index in [1.54, 1.807) is 0 Å². The molecule has 0 radical (unpaired) electrons. The molecule has 1 aromatic heterocycles. The quantitative estimate of drug-likeness (QED) is 0.426. The minimum atomic E-state index is 0.0908. The lowest BCUT2D eigenvalue weighted by Gasteiger charge is -2.09. The van der Waals surface area contributed by atoms with Crippen LogP contribution >= 0.6 is 27.7 Å². The van der Waals surface area contributed by atoms with E-state index in [-0.39, 0.29) is 5.78 Å². The van der Waals surface area contributed by atoms with Gasteiger partial charge in [-0.15, -0.1) is 10.2 Å². The zero-order valence-electron chi connectivity index (χ0n) is 13.4. The molecule has 1 aliphatic carbocycles. The average molecular weight is 414 g/mol. The highest BCUT2D eigenvalue weighted by Crippen LogP contribution is 2.41. The predicted octanol–water partition coefficient (Wildman–Crippen LogP) is 4.88. The molecule has 6 heteroatoms. The van der Waals surface area contributed by atoms with E-state index >= 15 is 0 Å². The van der Waals surface area contributed by atoms with E-state index < -0.39 is 0 Å². The zero-order valence-corrected chi connectivity index (χ0v) is 15.8. The maximum Gasteiger partial charge on any atom is 0.196 e. The average Bonchev–Trinajstić information content (AvgIpc) is 3.40. The minimum absolute atomic E-state index is 0.0908. The van der Waals surface area contributed by atoms with Gasteiger partial charge in [0.1, 0.15) is 5.82 Å².